The van der Waals surface area contributed by atoms with E-state index in [9.17, 15) is 4.79 Å². The Balaban J connectivity index is 1.59. The van der Waals surface area contributed by atoms with Crippen LogP contribution in [0.3, 0.4) is 0 Å². The second-order valence-corrected chi connectivity index (χ2v) is 4.79. The molecule has 86 valence electrons. The van der Waals surface area contributed by atoms with Crippen LogP contribution in [0.25, 0.3) is 0 Å². The lowest BCUT2D eigenvalue weighted by atomic mass is 9.79. The summed E-state index contributed by atoms with van der Waals surface area (Å²) in [5.41, 5.74) is 0. The number of carbonyl (C=O) groups is 1. The molecule has 2 aliphatic rings. The predicted octanol–water partition coefficient (Wildman–Crippen LogP) is 0.533. The van der Waals surface area contributed by atoms with Crippen LogP contribution < -0.4 is 5.32 Å². The van der Waals surface area contributed by atoms with Gasteiger partial charge >= 0.3 is 5.97 Å². The van der Waals surface area contributed by atoms with Crippen LogP contribution in [-0.4, -0.2) is 48.2 Å². The highest BCUT2D eigenvalue weighted by Gasteiger charge is 2.36. The minimum absolute atomic E-state index is 0.142. The summed E-state index contributed by atoms with van der Waals surface area (Å²) >= 11 is 0. The molecular formula is C11H20N2O2. The number of nitrogens with one attached hydrogen (secondary N) is 1. The maximum Gasteiger partial charge on any atom is 0.308 e. The standard InChI is InChI=1S/C11H20N2O2/c1-13(8-2-3-8)7-6-12-10-5-4-9(10)11(14)15/h8-10,12H,2-7H2,1H3,(H,14,15). The normalized spacial score (nSPS) is 30.3. The van der Waals surface area contributed by atoms with Crippen LogP contribution in [0.2, 0.25) is 0 Å². The second-order valence-electron chi connectivity index (χ2n) is 4.79. The fourth-order valence-electron chi connectivity index (χ4n) is 2.16. The summed E-state index contributed by atoms with van der Waals surface area (Å²) in [7, 11) is 2.15. The average molecular weight is 212 g/mol. The van der Waals surface area contributed by atoms with Crippen molar-refractivity contribution in [2.24, 2.45) is 5.92 Å². The van der Waals surface area contributed by atoms with Crippen molar-refractivity contribution < 1.29 is 9.90 Å². The van der Waals surface area contributed by atoms with Gasteiger partial charge in [0.15, 0.2) is 0 Å². The maximum atomic E-state index is 10.8. The largest absolute Gasteiger partial charge is 0.481 e. The Morgan fingerprint density at radius 2 is 2.13 bits per heavy atom. The molecule has 0 spiro atoms. The maximum absolute atomic E-state index is 10.8. The van der Waals surface area contributed by atoms with Crippen LogP contribution in [0, 0.1) is 5.92 Å². The van der Waals surface area contributed by atoms with Crippen molar-refractivity contribution in [3.63, 3.8) is 0 Å². The Morgan fingerprint density at radius 3 is 2.60 bits per heavy atom. The van der Waals surface area contributed by atoms with Crippen LogP contribution >= 0.6 is 0 Å². The molecule has 0 bridgehead atoms. The smallest absolute Gasteiger partial charge is 0.308 e. The van der Waals surface area contributed by atoms with Crippen molar-refractivity contribution in [1.82, 2.24) is 10.2 Å². The molecule has 2 atom stereocenters. The number of aliphatic carboxylic acids is 1. The zero-order valence-electron chi connectivity index (χ0n) is 9.28. The quantitative estimate of drug-likeness (QED) is 0.674. The average Bonchev–Trinajstić information content (AvgIpc) is 2.91. The van der Waals surface area contributed by atoms with Gasteiger partial charge in [-0.3, -0.25) is 4.79 Å². The number of rotatable bonds is 6. The van der Waals surface area contributed by atoms with E-state index in [1.54, 1.807) is 0 Å². The van der Waals surface area contributed by atoms with Gasteiger partial charge in [-0.05, 0) is 32.7 Å². The summed E-state index contributed by atoms with van der Waals surface area (Å²) in [5.74, 6) is -0.787. The van der Waals surface area contributed by atoms with Gasteiger partial charge in [0.05, 0.1) is 5.92 Å². The minimum atomic E-state index is -0.644. The van der Waals surface area contributed by atoms with Crippen molar-refractivity contribution in [3.05, 3.63) is 0 Å². The van der Waals surface area contributed by atoms with Crippen molar-refractivity contribution in [3.8, 4) is 0 Å². The third kappa shape index (κ3) is 2.69. The van der Waals surface area contributed by atoms with Gasteiger partial charge in [0.2, 0.25) is 0 Å². The molecule has 0 radical (unpaired) electrons. The van der Waals surface area contributed by atoms with Crippen LogP contribution in [0.5, 0.6) is 0 Å². The lowest BCUT2D eigenvalue weighted by molar-refractivity contribution is -0.146. The molecule has 0 aliphatic heterocycles. The molecule has 0 aromatic heterocycles. The first-order chi connectivity index (χ1) is 7.18. The molecule has 0 saturated heterocycles. The van der Waals surface area contributed by atoms with Crippen LogP contribution in [0.1, 0.15) is 25.7 Å². The lowest BCUT2D eigenvalue weighted by Crippen LogP contribution is -2.49. The third-order valence-electron chi connectivity index (χ3n) is 3.63. The molecule has 4 nitrogen and oxygen atoms in total. The Kier molecular flexibility index (Phi) is 3.26. The molecule has 0 aromatic rings. The minimum Gasteiger partial charge on any atom is -0.481 e. The van der Waals surface area contributed by atoms with E-state index in [0.717, 1.165) is 32.0 Å². The fourth-order valence-corrected chi connectivity index (χ4v) is 2.16. The first kappa shape index (κ1) is 10.9. The van der Waals surface area contributed by atoms with Crippen molar-refractivity contribution >= 4 is 5.97 Å². The number of hydrogen-bond donors (Lipinski definition) is 2. The molecular weight excluding hydrogens is 192 g/mol. The van der Waals surface area contributed by atoms with Gasteiger partial charge in [-0.15, -0.1) is 0 Å². The van der Waals surface area contributed by atoms with Crippen LogP contribution in [-0.2, 0) is 4.79 Å². The van der Waals surface area contributed by atoms with Crippen LogP contribution in [0.15, 0.2) is 0 Å². The number of carboxylic acid groups (broad SMARTS) is 1. The van der Waals surface area contributed by atoms with E-state index in [4.69, 9.17) is 5.11 Å². The van der Waals surface area contributed by atoms with E-state index in [1.807, 2.05) is 0 Å². The zero-order valence-corrected chi connectivity index (χ0v) is 9.28. The van der Waals surface area contributed by atoms with E-state index in [2.05, 4.69) is 17.3 Å². The van der Waals surface area contributed by atoms with Crippen molar-refractivity contribution in [2.75, 3.05) is 20.1 Å². The summed E-state index contributed by atoms with van der Waals surface area (Å²) in [5, 5.41) is 12.2. The van der Waals surface area contributed by atoms with Gasteiger partial charge in [0.1, 0.15) is 0 Å². The van der Waals surface area contributed by atoms with E-state index in [0.29, 0.717) is 0 Å². The molecule has 2 unspecified atom stereocenters. The second kappa shape index (κ2) is 4.49. The molecule has 0 heterocycles. The SMILES string of the molecule is CN(CCNC1CCC1C(=O)O)C1CC1. The van der Waals surface area contributed by atoms with Crippen molar-refractivity contribution in [1.29, 1.82) is 0 Å². The van der Waals surface area contributed by atoms with Gasteiger partial charge in [-0.25, -0.2) is 0 Å². The molecule has 2 fully saturated rings. The van der Waals surface area contributed by atoms with E-state index in [1.165, 1.54) is 12.8 Å². The highest BCUT2D eigenvalue weighted by molar-refractivity contribution is 5.72. The summed E-state index contributed by atoms with van der Waals surface area (Å²) < 4.78 is 0. The fraction of sp³-hybridized carbons (Fsp3) is 0.909. The Bertz CT molecular complexity index is 241. The Hall–Kier alpha value is -0.610. The number of hydrogen-bond acceptors (Lipinski definition) is 3. The molecule has 2 N–H and O–H groups in total. The summed E-state index contributed by atoms with van der Waals surface area (Å²) in [6.07, 6.45) is 4.52. The van der Waals surface area contributed by atoms with Gasteiger partial charge in [-0.1, -0.05) is 0 Å². The molecule has 2 rings (SSSR count). The molecule has 15 heavy (non-hydrogen) atoms. The summed E-state index contributed by atoms with van der Waals surface area (Å²) in [6.45, 7) is 1.95. The summed E-state index contributed by atoms with van der Waals surface area (Å²) in [6, 6.07) is 1.01. The first-order valence-corrected chi connectivity index (χ1v) is 5.85. The Labute approximate surface area is 90.6 Å². The van der Waals surface area contributed by atoms with Gasteiger partial charge < -0.3 is 15.3 Å². The van der Waals surface area contributed by atoms with Gasteiger partial charge in [-0.2, -0.15) is 0 Å². The lowest BCUT2D eigenvalue weighted by Gasteiger charge is -2.34. The number of carboxylic acids is 1. The number of nitrogens with zero attached hydrogens (tertiary/aromatic N) is 1. The summed E-state index contributed by atoms with van der Waals surface area (Å²) in [4.78, 5) is 13.1. The third-order valence-corrected chi connectivity index (χ3v) is 3.63. The predicted molar refractivity (Wildman–Crippen MR) is 57.8 cm³/mol. The van der Waals surface area contributed by atoms with E-state index in [-0.39, 0.29) is 12.0 Å². The molecule has 4 heteroatoms. The molecule has 2 saturated carbocycles. The molecule has 0 amide bonds. The van der Waals surface area contributed by atoms with Gasteiger partial charge in [0, 0.05) is 25.2 Å². The molecule has 0 aromatic carbocycles. The monoisotopic (exact) mass is 212 g/mol. The first-order valence-electron chi connectivity index (χ1n) is 5.85. The highest BCUT2D eigenvalue weighted by Crippen LogP contribution is 2.27. The Morgan fingerprint density at radius 1 is 1.40 bits per heavy atom. The van der Waals surface area contributed by atoms with Crippen LogP contribution in [0.4, 0.5) is 0 Å². The van der Waals surface area contributed by atoms with E-state index < -0.39 is 5.97 Å². The topological polar surface area (TPSA) is 52.6 Å². The number of likely N-dealkylation sites (N-methyl/N-ethyl adjacent to an activating group) is 1. The van der Waals surface area contributed by atoms with Gasteiger partial charge in [0.25, 0.3) is 0 Å². The molecule has 2 aliphatic carbocycles. The van der Waals surface area contributed by atoms with E-state index >= 15 is 0 Å². The highest BCUT2D eigenvalue weighted by atomic mass is 16.4. The zero-order chi connectivity index (χ0) is 10.8. The van der Waals surface area contributed by atoms with Crippen molar-refractivity contribution in [2.45, 2.75) is 37.8 Å².